The van der Waals surface area contributed by atoms with Gasteiger partial charge in [-0.25, -0.2) is 0 Å². The normalized spacial score (nSPS) is 9.80. The molecule has 0 aliphatic heterocycles. The van der Waals surface area contributed by atoms with Gasteiger partial charge in [-0.1, -0.05) is 6.07 Å². The second kappa shape index (κ2) is 2.21. The van der Waals surface area contributed by atoms with Gasteiger partial charge in [0.2, 0.25) is 0 Å². The van der Waals surface area contributed by atoms with Crippen molar-refractivity contribution in [1.82, 2.24) is 0 Å². The predicted molar refractivity (Wildman–Crippen MR) is 42.0 cm³/mol. The Balaban J connectivity index is 3.34. The lowest BCUT2D eigenvalue weighted by atomic mass is 10.1. The van der Waals surface area contributed by atoms with Crippen LogP contribution in [-0.2, 0) is 0 Å². The fraction of sp³-hybridized carbons (Fsp3) is 0.250. The number of anilines is 1. The molecule has 0 unspecified atom stereocenters. The minimum atomic E-state index is 0.267. The van der Waals surface area contributed by atoms with E-state index in [0.29, 0.717) is 5.69 Å². The van der Waals surface area contributed by atoms with Crippen LogP contribution in [0.4, 0.5) is 5.69 Å². The molecule has 1 aromatic carbocycles. The average molecular weight is 137 g/mol. The highest BCUT2D eigenvalue weighted by Gasteiger charge is 2.00. The van der Waals surface area contributed by atoms with Gasteiger partial charge in [-0.3, -0.25) is 0 Å². The summed E-state index contributed by atoms with van der Waals surface area (Å²) in [5.41, 5.74) is 8.08. The van der Waals surface area contributed by atoms with Crippen molar-refractivity contribution >= 4 is 5.69 Å². The molecule has 0 bridgehead atoms. The number of phenols is 1. The second-order valence-electron chi connectivity index (χ2n) is 2.44. The molecule has 54 valence electrons. The van der Waals surface area contributed by atoms with Gasteiger partial charge in [0.05, 0.1) is 0 Å². The SMILES string of the molecule is Cc1ccc(O)c(C)c1N. The summed E-state index contributed by atoms with van der Waals surface area (Å²) in [4.78, 5) is 0. The summed E-state index contributed by atoms with van der Waals surface area (Å²) in [7, 11) is 0. The van der Waals surface area contributed by atoms with Gasteiger partial charge in [0.1, 0.15) is 5.75 Å². The van der Waals surface area contributed by atoms with Crippen molar-refractivity contribution in [2.75, 3.05) is 5.73 Å². The number of benzene rings is 1. The third-order valence-corrected chi connectivity index (χ3v) is 1.70. The van der Waals surface area contributed by atoms with Crippen LogP contribution >= 0.6 is 0 Å². The van der Waals surface area contributed by atoms with E-state index in [-0.39, 0.29) is 5.75 Å². The van der Waals surface area contributed by atoms with E-state index in [9.17, 15) is 0 Å². The van der Waals surface area contributed by atoms with E-state index in [1.165, 1.54) is 0 Å². The summed E-state index contributed by atoms with van der Waals surface area (Å²) < 4.78 is 0. The Hall–Kier alpha value is -1.18. The number of aromatic hydroxyl groups is 1. The highest BCUT2D eigenvalue weighted by Crippen LogP contribution is 2.24. The Morgan fingerprint density at radius 2 is 1.90 bits per heavy atom. The number of phenolic OH excluding ortho intramolecular Hbond substituents is 1. The van der Waals surface area contributed by atoms with Crippen molar-refractivity contribution in [1.29, 1.82) is 0 Å². The fourth-order valence-corrected chi connectivity index (χ4v) is 0.852. The lowest BCUT2D eigenvalue weighted by Gasteiger charge is -2.04. The van der Waals surface area contributed by atoms with Crippen molar-refractivity contribution in [2.24, 2.45) is 0 Å². The topological polar surface area (TPSA) is 46.2 Å². The Kier molecular flexibility index (Phi) is 1.53. The minimum absolute atomic E-state index is 0.267. The largest absolute Gasteiger partial charge is 0.508 e. The first-order valence-corrected chi connectivity index (χ1v) is 3.17. The molecule has 0 spiro atoms. The van der Waals surface area contributed by atoms with Gasteiger partial charge < -0.3 is 10.8 Å². The van der Waals surface area contributed by atoms with E-state index in [1.807, 2.05) is 6.92 Å². The molecule has 2 nitrogen and oxygen atoms in total. The molecule has 1 rings (SSSR count). The lowest BCUT2D eigenvalue weighted by Crippen LogP contribution is -1.92. The molecule has 0 aromatic heterocycles. The minimum Gasteiger partial charge on any atom is -0.508 e. The second-order valence-corrected chi connectivity index (χ2v) is 2.44. The highest BCUT2D eigenvalue weighted by atomic mass is 16.3. The van der Waals surface area contributed by atoms with Crippen molar-refractivity contribution in [3.63, 3.8) is 0 Å². The summed E-state index contributed by atoms with van der Waals surface area (Å²) in [6, 6.07) is 3.46. The molecular weight excluding hydrogens is 126 g/mol. The number of aryl methyl sites for hydroxylation is 1. The van der Waals surface area contributed by atoms with Crippen LogP contribution in [0.2, 0.25) is 0 Å². The maximum Gasteiger partial charge on any atom is 0.120 e. The molecule has 0 atom stereocenters. The number of hydrogen-bond acceptors (Lipinski definition) is 2. The zero-order valence-electron chi connectivity index (χ0n) is 6.18. The molecular formula is C8H11NO. The number of rotatable bonds is 0. The molecule has 0 aliphatic rings. The number of hydrogen-bond donors (Lipinski definition) is 2. The van der Waals surface area contributed by atoms with Crippen LogP contribution in [0.1, 0.15) is 11.1 Å². The monoisotopic (exact) mass is 137 g/mol. The van der Waals surface area contributed by atoms with Crippen LogP contribution < -0.4 is 5.73 Å². The van der Waals surface area contributed by atoms with Crippen molar-refractivity contribution in [2.45, 2.75) is 13.8 Å². The third-order valence-electron chi connectivity index (χ3n) is 1.70. The molecule has 0 saturated carbocycles. The van der Waals surface area contributed by atoms with Gasteiger partial charge in [-0.15, -0.1) is 0 Å². The van der Waals surface area contributed by atoms with Gasteiger partial charge in [0.25, 0.3) is 0 Å². The van der Waals surface area contributed by atoms with E-state index in [4.69, 9.17) is 10.8 Å². The standard InChI is InChI=1S/C8H11NO/c1-5-3-4-7(10)6(2)8(5)9/h3-4,10H,9H2,1-2H3. The van der Waals surface area contributed by atoms with E-state index in [0.717, 1.165) is 11.1 Å². The molecule has 3 N–H and O–H groups in total. The van der Waals surface area contributed by atoms with Gasteiger partial charge in [-0.2, -0.15) is 0 Å². The Morgan fingerprint density at radius 3 is 2.40 bits per heavy atom. The van der Waals surface area contributed by atoms with Gasteiger partial charge in [0.15, 0.2) is 0 Å². The van der Waals surface area contributed by atoms with E-state index >= 15 is 0 Å². The summed E-state index contributed by atoms with van der Waals surface area (Å²) in [5, 5.41) is 9.14. The molecule has 10 heavy (non-hydrogen) atoms. The smallest absolute Gasteiger partial charge is 0.120 e. The van der Waals surface area contributed by atoms with Gasteiger partial charge in [-0.05, 0) is 25.5 Å². The molecule has 2 heteroatoms. The summed E-state index contributed by atoms with van der Waals surface area (Å²) in [6.45, 7) is 3.72. The maximum atomic E-state index is 9.14. The zero-order chi connectivity index (χ0) is 7.72. The van der Waals surface area contributed by atoms with E-state index in [2.05, 4.69) is 0 Å². The molecule has 0 aliphatic carbocycles. The van der Waals surface area contributed by atoms with Crippen LogP contribution in [-0.4, -0.2) is 5.11 Å². The molecule has 0 amide bonds. The maximum absolute atomic E-state index is 9.14. The predicted octanol–water partition coefficient (Wildman–Crippen LogP) is 1.59. The van der Waals surface area contributed by atoms with Gasteiger partial charge >= 0.3 is 0 Å². The Labute approximate surface area is 60.3 Å². The van der Waals surface area contributed by atoms with E-state index in [1.54, 1.807) is 19.1 Å². The van der Waals surface area contributed by atoms with E-state index < -0.39 is 0 Å². The van der Waals surface area contributed by atoms with Crippen LogP contribution in [0.3, 0.4) is 0 Å². The van der Waals surface area contributed by atoms with Crippen molar-refractivity contribution in [3.8, 4) is 5.75 Å². The van der Waals surface area contributed by atoms with Crippen LogP contribution in [0.5, 0.6) is 5.75 Å². The van der Waals surface area contributed by atoms with Crippen molar-refractivity contribution in [3.05, 3.63) is 23.3 Å². The molecule has 0 saturated heterocycles. The first-order chi connectivity index (χ1) is 4.63. The third kappa shape index (κ3) is 0.923. The number of nitrogen functional groups attached to an aromatic ring is 1. The molecule has 0 heterocycles. The van der Waals surface area contributed by atoms with Gasteiger partial charge in [0, 0.05) is 11.3 Å². The molecule has 0 radical (unpaired) electrons. The average Bonchev–Trinajstić information content (AvgIpc) is 1.93. The summed E-state index contributed by atoms with van der Waals surface area (Å²) in [5.74, 6) is 0.267. The fourth-order valence-electron chi connectivity index (χ4n) is 0.852. The Morgan fingerprint density at radius 1 is 1.30 bits per heavy atom. The zero-order valence-corrected chi connectivity index (χ0v) is 6.18. The first kappa shape index (κ1) is 6.93. The quantitative estimate of drug-likeness (QED) is 0.533. The number of nitrogens with two attached hydrogens (primary N) is 1. The van der Waals surface area contributed by atoms with Crippen LogP contribution in [0, 0.1) is 13.8 Å². The lowest BCUT2D eigenvalue weighted by molar-refractivity contribution is 0.471. The summed E-state index contributed by atoms with van der Waals surface area (Å²) >= 11 is 0. The first-order valence-electron chi connectivity index (χ1n) is 3.17. The van der Waals surface area contributed by atoms with Crippen molar-refractivity contribution < 1.29 is 5.11 Å². The molecule has 1 aromatic rings. The highest BCUT2D eigenvalue weighted by molar-refractivity contribution is 5.57. The summed E-state index contributed by atoms with van der Waals surface area (Å²) in [6.07, 6.45) is 0. The molecule has 0 fully saturated rings. The van der Waals surface area contributed by atoms with Crippen LogP contribution in [0.15, 0.2) is 12.1 Å². The Bertz CT molecular complexity index is 229. The van der Waals surface area contributed by atoms with Crippen LogP contribution in [0.25, 0.3) is 0 Å².